The number of hydrogen-bond donors (Lipinski definition) is 0. The van der Waals surface area contributed by atoms with Crippen molar-refractivity contribution in [1.82, 2.24) is 0 Å². The smallest absolute Gasteiger partial charge is 0.305 e. The van der Waals surface area contributed by atoms with E-state index in [4.69, 9.17) is 9.47 Å². The quantitative estimate of drug-likeness (QED) is 0.145. The second-order valence-corrected chi connectivity index (χ2v) is 9.55. The normalized spacial score (nSPS) is 12.6. The third kappa shape index (κ3) is 11.9. The first-order valence-corrected chi connectivity index (χ1v) is 14.1. The van der Waals surface area contributed by atoms with E-state index in [1.165, 1.54) is 11.1 Å². The minimum absolute atomic E-state index is 0.0777. The molecule has 2 aromatic carbocycles. The second-order valence-electron chi connectivity index (χ2n) is 9.55. The van der Waals surface area contributed by atoms with Crippen LogP contribution in [0, 0.1) is 0 Å². The average molecular weight is 495 g/mol. The summed E-state index contributed by atoms with van der Waals surface area (Å²) in [7, 11) is 0. The number of ether oxygens (including phenoxy) is 2. The summed E-state index contributed by atoms with van der Waals surface area (Å²) in [5.74, 6) is 0.786. The summed E-state index contributed by atoms with van der Waals surface area (Å²) in [5, 5.41) is 0. The van der Waals surface area contributed by atoms with Gasteiger partial charge >= 0.3 is 11.9 Å². The SMILES string of the molecule is CCOC(=O)CCCCCCC(c1ccccc1)C(CCCCCCC(=O)OCC)c1ccccc1. The van der Waals surface area contributed by atoms with Gasteiger partial charge in [0.15, 0.2) is 0 Å². The Labute approximate surface area is 218 Å². The zero-order valence-electron chi connectivity index (χ0n) is 22.5. The molecule has 0 bridgehead atoms. The first-order valence-electron chi connectivity index (χ1n) is 14.1. The first kappa shape index (κ1) is 29.6. The van der Waals surface area contributed by atoms with Crippen LogP contribution < -0.4 is 0 Å². The number of hydrogen-bond acceptors (Lipinski definition) is 4. The maximum Gasteiger partial charge on any atom is 0.305 e. The minimum Gasteiger partial charge on any atom is -0.466 e. The fourth-order valence-corrected chi connectivity index (χ4v) is 5.04. The van der Waals surface area contributed by atoms with Gasteiger partial charge in [0.05, 0.1) is 13.2 Å². The molecule has 0 aromatic heterocycles. The maximum absolute atomic E-state index is 11.6. The summed E-state index contributed by atoms with van der Waals surface area (Å²) in [4.78, 5) is 23.2. The molecule has 0 N–H and O–H groups in total. The maximum atomic E-state index is 11.6. The zero-order chi connectivity index (χ0) is 25.8. The van der Waals surface area contributed by atoms with Crippen molar-refractivity contribution in [2.45, 2.75) is 103 Å². The predicted octanol–water partition coefficient (Wildman–Crippen LogP) is 8.36. The van der Waals surface area contributed by atoms with Crippen LogP contribution in [0.1, 0.15) is 114 Å². The summed E-state index contributed by atoms with van der Waals surface area (Å²) >= 11 is 0. The van der Waals surface area contributed by atoms with E-state index in [0.717, 1.165) is 64.2 Å². The van der Waals surface area contributed by atoms with Crippen LogP contribution in [0.3, 0.4) is 0 Å². The Kier molecular flexibility index (Phi) is 15.3. The average Bonchev–Trinajstić information content (AvgIpc) is 2.90. The van der Waals surface area contributed by atoms with Gasteiger partial charge in [-0.25, -0.2) is 0 Å². The van der Waals surface area contributed by atoms with Crippen LogP contribution in [0.2, 0.25) is 0 Å². The van der Waals surface area contributed by atoms with E-state index >= 15 is 0 Å². The Morgan fingerprint density at radius 3 is 1.28 bits per heavy atom. The van der Waals surface area contributed by atoms with Crippen molar-refractivity contribution in [3.8, 4) is 0 Å². The van der Waals surface area contributed by atoms with Gasteiger partial charge in [-0.05, 0) is 62.5 Å². The van der Waals surface area contributed by atoms with Crippen LogP contribution in [-0.2, 0) is 19.1 Å². The van der Waals surface area contributed by atoms with Gasteiger partial charge in [0.1, 0.15) is 0 Å². The monoisotopic (exact) mass is 494 g/mol. The predicted molar refractivity (Wildman–Crippen MR) is 147 cm³/mol. The molecule has 0 aliphatic rings. The minimum atomic E-state index is -0.0777. The highest BCUT2D eigenvalue weighted by molar-refractivity contribution is 5.69. The molecule has 0 heterocycles. The van der Waals surface area contributed by atoms with Gasteiger partial charge in [0.25, 0.3) is 0 Å². The lowest BCUT2D eigenvalue weighted by atomic mass is 9.76. The van der Waals surface area contributed by atoms with Crippen LogP contribution in [0.5, 0.6) is 0 Å². The van der Waals surface area contributed by atoms with Crippen LogP contribution >= 0.6 is 0 Å². The van der Waals surface area contributed by atoms with Gasteiger partial charge in [-0.15, -0.1) is 0 Å². The number of benzene rings is 2. The molecule has 0 aliphatic carbocycles. The Morgan fingerprint density at radius 1 is 0.556 bits per heavy atom. The number of rotatable bonds is 19. The van der Waals surface area contributed by atoms with Crippen LogP contribution in [0.4, 0.5) is 0 Å². The van der Waals surface area contributed by atoms with Gasteiger partial charge in [-0.1, -0.05) is 99.2 Å². The molecule has 0 amide bonds. The molecule has 0 fully saturated rings. The van der Waals surface area contributed by atoms with Gasteiger partial charge in [-0.3, -0.25) is 9.59 Å². The highest BCUT2D eigenvalue weighted by atomic mass is 16.5. The summed E-state index contributed by atoms with van der Waals surface area (Å²) in [6, 6.07) is 21.9. The lowest BCUT2D eigenvalue weighted by Gasteiger charge is -2.29. The van der Waals surface area contributed by atoms with Crippen molar-refractivity contribution >= 4 is 11.9 Å². The van der Waals surface area contributed by atoms with Gasteiger partial charge < -0.3 is 9.47 Å². The van der Waals surface area contributed by atoms with E-state index in [0.29, 0.717) is 37.9 Å². The molecule has 2 atom stereocenters. The van der Waals surface area contributed by atoms with Crippen LogP contribution in [0.25, 0.3) is 0 Å². The molecular formula is C32H46O4. The number of esters is 2. The lowest BCUT2D eigenvalue weighted by Crippen LogP contribution is -2.12. The molecule has 0 saturated carbocycles. The second kappa shape index (κ2) is 18.6. The third-order valence-corrected chi connectivity index (χ3v) is 6.84. The van der Waals surface area contributed by atoms with E-state index in [1.54, 1.807) is 0 Å². The summed E-state index contributed by atoms with van der Waals surface area (Å²) < 4.78 is 10.1. The Morgan fingerprint density at radius 2 is 0.917 bits per heavy atom. The molecule has 2 aromatic rings. The molecule has 0 spiro atoms. The van der Waals surface area contributed by atoms with Crippen molar-refractivity contribution in [2.75, 3.05) is 13.2 Å². The highest BCUT2D eigenvalue weighted by Gasteiger charge is 2.24. The molecular weight excluding hydrogens is 448 g/mol. The topological polar surface area (TPSA) is 52.6 Å². The largest absolute Gasteiger partial charge is 0.466 e. The fourth-order valence-electron chi connectivity index (χ4n) is 5.04. The van der Waals surface area contributed by atoms with Crippen LogP contribution in [0.15, 0.2) is 60.7 Å². The van der Waals surface area contributed by atoms with Crippen molar-refractivity contribution in [3.05, 3.63) is 71.8 Å². The van der Waals surface area contributed by atoms with Crippen molar-refractivity contribution in [1.29, 1.82) is 0 Å². The van der Waals surface area contributed by atoms with Gasteiger partial charge in [-0.2, -0.15) is 0 Å². The van der Waals surface area contributed by atoms with E-state index in [1.807, 2.05) is 13.8 Å². The standard InChI is InChI=1S/C32H46O4/c1-3-35-31(33)25-17-7-5-15-23-29(27-19-11-9-12-20-27)30(28-21-13-10-14-22-28)24-16-6-8-18-26-32(34)36-4-2/h9-14,19-22,29-30H,3-8,15-18,23-26H2,1-2H3. The van der Waals surface area contributed by atoms with Crippen molar-refractivity contribution < 1.29 is 19.1 Å². The fraction of sp³-hybridized carbons (Fsp3) is 0.562. The molecule has 4 heteroatoms. The zero-order valence-corrected chi connectivity index (χ0v) is 22.5. The molecule has 0 aliphatic heterocycles. The third-order valence-electron chi connectivity index (χ3n) is 6.84. The summed E-state index contributed by atoms with van der Waals surface area (Å²) in [6.45, 7) is 4.64. The van der Waals surface area contributed by atoms with E-state index < -0.39 is 0 Å². The van der Waals surface area contributed by atoms with E-state index in [2.05, 4.69) is 60.7 Å². The molecule has 0 saturated heterocycles. The van der Waals surface area contributed by atoms with Gasteiger partial charge in [0.2, 0.25) is 0 Å². The van der Waals surface area contributed by atoms with E-state index in [9.17, 15) is 9.59 Å². The van der Waals surface area contributed by atoms with E-state index in [-0.39, 0.29) is 11.9 Å². The number of unbranched alkanes of at least 4 members (excludes halogenated alkanes) is 6. The Balaban J connectivity index is 1.95. The first-order chi connectivity index (χ1) is 17.7. The molecule has 0 radical (unpaired) electrons. The molecule has 198 valence electrons. The number of carbonyl (C=O) groups excluding carboxylic acids is 2. The highest BCUT2D eigenvalue weighted by Crippen LogP contribution is 2.40. The van der Waals surface area contributed by atoms with Crippen LogP contribution in [-0.4, -0.2) is 25.2 Å². The number of carbonyl (C=O) groups is 2. The summed E-state index contributed by atoms with van der Waals surface area (Å²) in [5.41, 5.74) is 2.83. The Hall–Kier alpha value is -2.62. The molecule has 2 rings (SSSR count). The molecule has 36 heavy (non-hydrogen) atoms. The summed E-state index contributed by atoms with van der Waals surface area (Å²) in [6.07, 6.45) is 11.9. The molecule has 2 unspecified atom stereocenters. The van der Waals surface area contributed by atoms with Crippen molar-refractivity contribution in [3.63, 3.8) is 0 Å². The Bertz CT molecular complexity index is 762. The molecule has 4 nitrogen and oxygen atoms in total. The lowest BCUT2D eigenvalue weighted by molar-refractivity contribution is -0.144. The van der Waals surface area contributed by atoms with Crippen molar-refractivity contribution in [2.24, 2.45) is 0 Å². The van der Waals surface area contributed by atoms with Gasteiger partial charge in [0, 0.05) is 12.8 Å².